The minimum absolute atomic E-state index is 0.179. The fourth-order valence-electron chi connectivity index (χ4n) is 3.17. The third kappa shape index (κ3) is 3.85. The molecule has 2 aromatic carbocycles. The summed E-state index contributed by atoms with van der Waals surface area (Å²) in [7, 11) is 0. The number of alkyl halides is 1. The molecule has 3 rings (SSSR count). The number of nitrogens with two attached hydrogens (primary N) is 1. The first-order valence-electron chi connectivity index (χ1n) is 8.84. The van der Waals surface area contributed by atoms with Crippen molar-refractivity contribution in [2.45, 2.75) is 19.8 Å². The number of fused-ring (bicyclic) bond motifs is 1. The Hall–Kier alpha value is -2.09. The summed E-state index contributed by atoms with van der Waals surface area (Å²) >= 11 is 2.41. The van der Waals surface area contributed by atoms with E-state index in [2.05, 4.69) is 50.7 Å². The summed E-state index contributed by atoms with van der Waals surface area (Å²) in [5.41, 5.74) is 9.62. The number of nitrogen functional groups attached to an aromatic ring is 1. The van der Waals surface area contributed by atoms with Crippen molar-refractivity contribution in [1.82, 2.24) is 10.2 Å². The quantitative estimate of drug-likeness (QED) is 0.239. The second kappa shape index (κ2) is 8.53. The maximum Gasteiger partial charge on any atom is 0.272 e. The molecule has 0 aliphatic heterocycles. The number of hydrogen-bond donors (Lipinski definition) is 2. The molecular formula is C20H23IN4O. The molecule has 0 aliphatic rings. The standard InChI is InChI=1S/C20H23IN4O/c1-2-25(12-6-5-11-21)18-10-9-14(13-17(18)22)19-15-7-3-4-8-16(15)20(26)24-23-19/h3-4,7-10,13H,2,5-6,11-12,22H2,1H3,(H,24,26). The van der Waals surface area contributed by atoms with Gasteiger partial charge in [0.15, 0.2) is 0 Å². The Morgan fingerprint density at radius 2 is 1.92 bits per heavy atom. The average molecular weight is 462 g/mol. The molecule has 1 aromatic heterocycles. The minimum Gasteiger partial charge on any atom is -0.397 e. The van der Waals surface area contributed by atoms with E-state index in [1.54, 1.807) is 0 Å². The highest BCUT2D eigenvalue weighted by molar-refractivity contribution is 14.1. The van der Waals surface area contributed by atoms with Crippen molar-refractivity contribution in [2.75, 3.05) is 28.2 Å². The predicted molar refractivity (Wildman–Crippen MR) is 118 cm³/mol. The second-order valence-electron chi connectivity index (χ2n) is 6.20. The molecule has 0 bridgehead atoms. The molecule has 3 N–H and O–H groups in total. The molecule has 0 amide bonds. The zero-order valence-corrected chi connectivity index (χ0v) is 17.0. The lowest BCUT2D eigenvalue weighted by atomic mass is 10.0. The summed E-state index contributed by atoms with van der Waals surface area (Å²) in [6.45, 7) is 4.07. The fourth-order valence-corrected chi connectivity index (χ4v) is 3.71. The highest BCUT2D eigenvalue weighted by Gasteiger charge is 2.12. The Bertz CT molecular complexity index is 954. The molecule has 0 fully saturated rings. The monoisotopic (exact) mass is 462 g/mol. The van der Waals surface area contributed by atoms with E-state index in [-0.39, 0.29) is 5.56 Å². The maximum absolute atomic E-state index is 12.0. The van der Waals surface area contributed by atoms with Crippen molar-refractivity contribution < 1.29 is 0 Å². The van der Waals surface area contributed by atoms with Gasteiger partial charge in [-0.15, -0.1) is 0 Å². The first kappa shape index (κ1) is 18.7. The van der Waals surface area contributed by atoms with E-state index in [1.807, 2.05) is 36.4 Å². The molecule has 5 nitrogen and oxygen atoms in total. The van der Waals surface area contributed by atoms with E-state index in [1.165, 1.54) is 10.8 Å². The van der Waals surface area contributed by atoms with Crippen LogP contribution in [0.4, 0.5) is 11.4 Å². The number of unbranched alkanes of at least 4 members (excludes halogenated alkanes) is 1. The number of benzene rings is 2. The highest BCUT2D eigenvalue weighted by atomic mass is 127. The number of aromatic nitrogens is 2. The summed E-state index contributed by atoms with van der Waals surface area (Å²) < 4.78 is 1.18. The Balaban J connectivity index is 1.98. The van der Waals surface area contributed by atoms with Gasteiger partial charge in [0, 0.05) is 24.0 Å². The predicted octanol–water partition coefficient (Wildman–Crippen LogP) is 4.21. The average Bonchev–Trinajstić information content (AvgIpc) is 2.66. The summed E-state index contributed by atoms with van der Waals surface area (Å²) in [5.74, 6) is 0. The van der Waals surface area contributed by atoms with Crippen LogP contribution in [0.25, 0.3) is 22.0 Å². The zero-order chi connectivity index (χ0) is 18.5. The lowest BCUT2D eigenvalue weighted by Gasteiger charge is -2.25. The summed E-state index contributed by atoms with van der Waals surface area (Å²) in [6.07, 6.45) is 2.37. The number of aromatic amines is 1. The molecule has 0 saturated carbocycles. The molecule has 0 radical (unpaired) electrons. The van der Waals surface area contributed by atoms with Gasteiger partial charge < -0.3 is 10.6 Å². The first-order valence-corrected chi connectivity index (χ1v) is 10.4. The van der Waals surface area contributed by atoms with E-state index < -0.39 is 0 Å². The van der Waals surface area contributed by atoms with Crippen LogP contribution in [0.3, 0.4) is 0 Å². The van der Waals surface area contributed by atoms with E-state index in [0.29, 0.717) is 5.39 Å². The van der Waals surface area contributed by atoms with Gasteiger partial charge in [-0.05, 0) is 42.4 Å². The third-order valence-electron chi connectivity index (χ3n) is 4.53. The van der Waals surface area contributed by atoms with Crippen LogP contribution in [0.15, 0.2) is 47.3 Å². The molecule has 6 heteroatoms. The van der Waals surface area contributed by atoms with Crippen molar-refractivity contribution in [2.24, 2.45) is 0 Å². The summed E-state index contributed by atoms with van der Waals surface area (Å²) in [5, 5.41) is 8.32. The van der Waals surface area contributed by atoms with E-state index in [0.717, 1.165) is 47.5 Å². The second-order valence-corrected chi connectivity index (χ2v) is 7.28. The van der Waals surface area contributed by atoms with Gasteiger partial charge in [-0.2, -0.15) is 5.10 Å². The van der Waals surface area contributed by atoms with Crippen LogP contribution in [0.2, 0.25) is 0 Å². The van der Waals surface area contributed by atoms with E-state index in [9.17, 15) is 4.79 Å². The van der Waals surface area contributed by atoms with Gasteiger partial charge in [-0.1, -0.05) is 46.9 Å². The van der Waals surface area contributed by atoms with Gasteiger partial charge in [0.2, 0.25) is 0 Å². The van der Waals surface area contributed by atoms with Crippen LogP contribution in [0, 0.1) is 0 Å². The molecule has 0 saturated heterocycles. The molecule has 26 heavy (non-hydrogen) atoms. The number of halogens is 1. The highest BCUT2D eigenvalue weighted by Crippen LogP contribution is 2.31. The van der Waals surface area contributed by atoms with Gasteiger partial charge in [0.05, 0.1) is 22.5 Å². The number of nitrogens with one attached hydrogen (secondary N) is 1. The fraction of sp³-hybridized carbons (Fsp3) is 0.300. The number of rotatable bonds is 7. The number of anilines is 2. The van der Waals surface area contributed by atoms with E-state index >= 15 is 0 Å². The van der Waals surface area contributed by atoms with Crippen molar-refractivity contribution in [3.8, 4) is 11.3 Å². The SMILES string of the molecule is CCN(CCCCI)c1ccc(-c2n[nH]c(=O)c3ccccc23)cc1N. The van der Waals surface area contributed by atoms with E-state index in [4.69, 9.17) is 5.73 Å². The number of nitrogens with zero attached hydrogens (tertiary/aromatic N) is 2. The molecule has 0 aliphatic carbocycles. The van der Waals surface area contributed by atoms with Crippen molar-refractivity contribution in [3.63, 3.8) is 0 Å². The van der Waals surface area contributed by atoms with Gasteiger partial charge in [-0.25, -0.2) is 5.10 Å². The normalized spacial score (nSPS) is 11.0. The van der Waals surface area contributed by atoms with Gasteiger partial charge in [-0.3, -0.25) is 4.79 Å². The lowest BCUT2D eigenvalue weighted by molar-refractivity contribution is 0.741. The smallest absolute Gasteiger partial charge is 0.272 e. The third-order valence-corrected chi connectivity index (χ3v) is 5.29. The van der Waals surface area contributed by atoms with Crippen LogP contribution in [0.1, 0.15) is 19.8 Å². The Morgan fingerprint density at radius 3 is 2.62 bits per heavy atom. The van der Waals surface area contributed by atoms with Gasteiger partial charge in [0.25, 0.3) is 5.56 Å². The van der Waals surface area contributed by atoms with Crippen LogP contribution in [-0.4, -0.2) is 27.7 Å². The van der Waals surface area contributed by atoms with Crippen LogP contribution < -0.4 is 16.2 Å². The Labute approximate surface area is 166 Å². The lowest BCUT2D eigenvalue weighted by Crippen LogP contribution is -2.25. The zero-order valence-electron chi connectivity index (χ0n) is 14.8. The number of hydrogen-bond acceptors (Lipinski definition) is 4. The van der Waals surface area contributed by atoms with Crippen molar-refractivity contribution in [3.05, 3.63) is 52.8 Å². The Morgan fingerprint density at radius 1 is 1.15 bits per heavy atom. The van der Waals surface area contributed by atoms with Crippen LogP contribution >= 0.6 is 22.6 Å². The van der Waals surface area contributed by atoms with Crippen molar-refractivity contribution in [1.29, 1.82) is 0 Å². The molecule has 136 valence electrons. The van der Waals surface area contributed by atoms with Crippen LogP contribution in [0.5, 0.6) is 0 Å². The van der Waals surface area contributed by atoms with Crippen LogP contribution in [-0.2, 0) is 0 Å². The maximum atomic E-state index is 12.0. The Kier molecular flexibility index (Phi) is 6.13. The first-order chi connectivity index (χ1) is 12.7. The summed E-state index contributed by atoms with van der Waals surface area (Å²) in [6, 6.07) is 13.5. The molecule has 0 unspecified atom stereocenters. The molecular weight excluding hydrogens is 439 g/mol. The summed E-state index contributed by atoms with van der Waals surface area (Å²) in [4.78, 5) is 14.3. The van der Waals surface area contributed by atoms with Gasteiger partial charge >= 0.3 is 0 Å². The molecule has 0 atom stereocenters. The minimum atomic E-state index is -0.179. The molecule has 1 heterocycles. The number of H-pyrrole nitrogens is 1. The molecule has 0 spiro atoms. The van der Waals surface area contributed by atoms with Crippen molar-refractivity contribution >= 4 is 44.7 Å². The molecule has 3 aromatic rings. The van der Waals surface area contributed by atoms with Gasteiger partial charge in [0.1, 0.15) is 0 Å². The largest absolute Gasteiger partial charge is 0.397 e. The topological polar surface area (TPSA) is 75.0 Å².